The highest BCUT2D eigenvalue weighted by molar-refractivity contribution is 7.09. The summed E-state index contributed by atoms with van der Waals surface area (Å²) in [5.41, 5.74) is 0. The van der Waals surface area contributed by atoms with E-state index in [0.717, 1.165) is 11.3 Å². The highest BCUT2D eigenvalue weighted by Gasteiger charge is 2.31. The molecule has 0 aromatic carbocycles. The van der Waals surface area contributed by atoms with Gasteiger partial charge in [-0.15, -0.1) is 24.5 Å². The molecule has 0 spiro atoms. The van der Waals surface area contributed by atoms with Gasteiger partial charge in [-0.25, -0.2) is 4.98 Å². The number of rotatable bonds is 1. The Morgan fingerprint density at radius 2 is 2.18 bits per heavy atom. The molecule has 0 saturated heterocycles. The zero-order chi connectivity index (χ0) is 8.48. The normalized spacial score (nSPS) is 11.6. The van der Waals surface area contributed by atoms with Crippen LogP contribution in [0.2, 0.25) is 0 Å². The molecule has 0 amide bonds. The molecular weight excluding hydrogens is 179 g/mol. The van der Waals surface area contributed by atoms with E-state index in [0.29, 0.717) is 5.01 Å². The Balaban J connectivity index is 2.65. The van der Waals surface area contributed by atoms with Crippen LogP contribution in [-0.2, 0) is 0 Å². The van der Waals surface area contributed by atoms with Gasteiger partial charge in [0.1, 0.15) is 0 Å². The van der Waals surface area contributed by atoms with Gasteiger partial charge in [-0.2, -0.15) is 0 Å². The molecule has 1 heterocycles. The van der Waals surface area contributed by atoms with Crippen molar-refractivity contribution in [2.24, 2.45) is 0 Å². The summed E-state index contributed by atoms with van der Waals surface area (Å²) in [7, 11) is 0. The molecule has 0 aliphatic rings. The molecule has 11 heavy (non-hydrogen) atoms. The van der Waals surface area contributed by atoms with Crippen LogP contribution in [0.15, 0.2) is 5.38 Å². The topological polar surface area (TPSA) is 22.1 Å². The second-order valence-electron chi connectivity index (χ2n) is 1.75. The summed E-state index contributed by atoms with van der Waals surface area (Å²) in [5.74, 6) is -0.389. The first-order chi connectivity index (χ1) is 4.97. The van der Waals surface area contributed by atoms with Gasteiger partial charge in [-0.05, 0) is 6.92 Å². The van der Waals surface area contributed by atoms with Crippen molar-refractivity contribution in [3.8, 4) is 5.88 Å². The Bertz CT molecular complexity index is 244. The molecule has 0 aliphatic carbocycles. The number of hydrogen-bond acceptors (Lipinski definition) is 3. The van der Waals surface area contributed by atoms with Crippen LogP contribution in [0.1, 0.15) is 5.01 Å². The molecule has 0 unspecified atom stereocenters. The summed E-state index contributed by atoms with van der Waals surface area (Å²) in [4.78, 5) is 3.47. The molecule has 1 rings (SSSR count). The van der Waals surface area contributed by atoms with E-state index in [9.17, 15) is 13.2 Å². The van der Waals surface area contributed by atoms with E-state index >= 15 is 0 Å². The quantitative estimate of drug-likeness (QED) is 0.666. The van der Waals surface area contributed by atoms with E-state index in [2.05, 4.69) is 9.72 Å². The molecule has 6 heteroatoms. The van der Waals surface area contributed by atoms with Crippen LogP contribution in [-0.4, -0.2) is 11.3 Å². The summed E-state index contributed by atoms with van der Waals surface area (Å²) in [6, 6.07) is 0. The van der Waals surface area contributed by atoms with Gasteiger partial charge in [-0.1, -0.05) is 0 Å². The molecule has 0 aliphatic heterocycles. The van der Waals surface area contributed by atoms with Crippen LogP contribution in [0.25, 0.3) is 0 Å². The molecule has 0 radical (unpaired) electrons. The monoisotopic (exact) mass is 183 g/mol. The number of thiazole rings is 1. The average Bonchev–Trinajstić information content (AvgIpc) is 2.10. The van der Waals surface area contributed by atoms with Gasteiger partial charge in [0, 0.05) is 0 Å². The molecule has 0 atom stereocenters. The smallest absolute Gasteiger partial charge is 0.387 e. The lowest BCUT2D eigenvalue weighted by Crippen LogP contribution is -2.17. The molecule has 2 nitrogen and oxygen atoms in total. The van der Waals surface area contributed by atoms with E-state index < -0.39 is 6.36 Å². The maximum atomic E-state index is 11.5. The number of ether oxygens (including phenoxy) is 1. The van der Waals surface area contributed by atoms with E-state index in [1.165, 1.54) is 5.38 Å². The minimum Gasteiger partial charge on any atom is -0.387 e. The molecule has 62 valence electrons. The van der Waals surface area contributed by atoms with Gasteiger partial charge >= 0.3 is 6.36 Å². The molecule has 0 bridgehead atoms. The van der Waals surface area contributed by atoms with Crippen LogP contribution in [0.3, 0.4) is 0 Å². The number of hydrogen-bond donors (Lipinski definition) is 0. The van der Waals surface area contributed by atoms with Crippen LogP contribution in [0, 0.1) is 6.92 Å². The molecule has 1 aromatic rings. The average molecular weight is 183 g/mol. The van der Waals surface area contributed by atoms with Crippen LogP contribution in [0.5, 0.6) is 5.88 Å². The van der Waals surface area contributed by atoms with Gasteiger partial charge in [0.2, 0.25) is 5.88 Å². The highest BCUT2D eigenvalue weighted by atomic mass is 32.1. The van der Waals surface area contributed by atoms with Crippen molar-refractivity contribution in [2.75, 3.05) is 0 Å². The third-order valence-electron chi connectivity index (χ3n) is 0.818. The summed E-state index contributed by atoms with van der Waals surface area (Å²) >= 11 is 1.11. The number of aryl methyl sites for hydroxylation is 1. The fourth-order valence-electron chi connectivity index (χ4n) is 0.509. The van der Waals surface area contributed by atoms with Crippen LogP contribution < -0.4 is 4.74 Å². The van der Waals surface area contributed by atoms with Crippen molar-refractivity contribution in [3.63, 3.8) is 0 Å². The zero-order valence-electron chi connectivity index (χ0n) is 5.47. The van der Waals surface area contributed by atoms with E-state index in [1.54, 1.807) is 6.92 Å². The first-order valence-corrected chi connectivity index (χ1v) is 3.53. The third-order valence-corrected chi connectivity index (χ3v) is 1.57. The first kappa shape index (κ1) is 8.32. The maximum Gasteiger partial charge on any atom is 0.574 e. The third kappa shape index (κ3) is 2.75. The first-order valence-electron chi connectivity index (χ1n) is 2.65. The molecule has 1 aromatic heterocycles. The minimum absolute atomic E-state index is 0.389. The number of nitrogens with zero attached hydrogens (tertiary/aromatic N) is 1. The fourth-order valence-corrected chi connectivity index (χ4v) is 1.02. The van der Waals surface area contributed by atoms with Crippen LogP contribution >= 0.6 is 11.3 Å². The van der Waals surface area contributed by atoms with Gasteiger partial charge in [0.25, 0.3) is 0 Å². The second kappa shape index (κ2) is 2.69. The van der Waals surface area contributed by atoms with Gasteiger partial charge in [0.05, 0.1) is 10.4 Å². The fraction of sp³-hybridized carbons (Fsp3) is 0.400. The predicted octanol–water partition coefficient (Wildman–Crippen LogP) is 2.35. The Morgan fingerprint density at radius 1 is 1.55 bits per heavy atom. The zero-order valence-corrected chi connectivity index (χ0v) is 6.29. The molecule has 0 saturated carbocycles. The van der Waals surface area contributed by atoms with Gasteiger partial charge in [-0.3, -0.25) is 0 Å². The van der Waals surface area contributed by atoms with Crippen molar-refractivity contribution < 1.29 is 17.9 Å². The van der Waals surface area contributed by atoms with Crippen molar-refractivity contribution in [1.82, 2.24) is 4.98 Å². The minimum atomic E-state index is -4.64. The lowest BCUT2D eigenvalue weighted by molar-refractivity contribution is -0.276. The Labute approximate surface area is 64.6 Å². The maximum absolute atomic E-state index is 11.5. The second-order valence-corrected chi connectivity index (χ2v) is 2.81. The largest absolute Gasteiger partial charge is 0.574 e. The Morgan fingerprint density at radius 3 is 2.55 bits per heavy atom. The van der Waals surface area contributed by atoms with Crippen molar-refractivity contribution in [1.29, 1.82) is 0 Å². The Kier molecular flexibility index (Phi) is 2.03. The molecule has 0 N–H and O–H groups in total. The lowest BCUT2D eigenvalue weighted by Gasteiger charge is -2.03. The predicted molar refractivity (Wildman–Crippen MR) is 33.5 cm³/mol. The van der Waals surface area contributed by atoms with Gasteiger partial charge in [0.15, 0.2) is 0 Å². The lowest BCUT2D eigenvalue weighted by atomic mass is 10.8. The summed E-state index contributed by atoms with van der Waals surface area (Å²) in [5, 5.41) is 1.76. The standard InChI is InChI=1S/C5H4F3NOS/c1-3-9-4(2-11-3)10-5(6,7)8/h2H,1H3. The Hall–Kier alpha value is -0.780. The number of alkyl halides is 3. The van der Waals surface area contributed by atoms with E-state index in [4.69, 9.17) is 0 Å². The summed E-state index contributed by atoms with van der Waals surface area (Å²) in [6.07, 6.45) is -4.64. The number of aromatic nitrogens is 1. The van der Waals surface area contributed by atoms with Crippen molar-refractivity contribution >= 4 is 11.3 Å². The highest BCUT2D eigenvalue weighted by Crippen LogP contribution is 2.23. The SMILES string of the molecule is Cc1nc(OC(F)(F)F)cs1. The summed E-state index contributed by atoms with van der Waals surface area (Å²) < 4.78 is 38.0. The van der Waals surface area contributed by atoms with Crippen molar-refractivity contribution in [2.45, 2.75) is 13.3 Å². The van der Waals surface area contributed by atoms with Crippen LogP contribution in [0.4, 0.5) is 13.2 Å². The van der Waals surface area contributed by atoms with Crippen molar-refractivity contribution in [3.05, 3.63) is 10.4 Å². The van der Waals surface area contributed by atoms with E-state index in [1.807, 2.05) is 0 Å². The molecule has 0 fully saturated rings. The number of halogens is 3. The van der Waals surface area contributed by atoms with Gasteiger partial charge < -0.3 is 4.74 Å². The molecular formula is C5H4F3NOS. The van der Waals surface area contributed by atoms with E-state index in [-0.39, 0.29) is 5.88 Å². The summed E-state index contributed by atoms with van der Waals surface area (Å²) in [6.45, 7) is 1.61.